The predicted octanol–water partition coefficient (Wildman–Crippen LogP) is 4.93. The zero-order chi connectivity index (χ0) is 18.1. The maximum absolute atomic E-state index is 13.4. The van der Waals surface area contributed by atoms with Gasteiger partial charge in [0.15, 0.2) is 5.58 Å². The predicted molar refractivity (Wildman–Crippen MR) is 96.6 cm³/mol. The molecule has 0 aliphatic carbocycles. The first kappa shape index (κ1) is 16.2. The zero-order valence-corrected chi connectivity index (χ0v) is 14.0. The van der Waals surface area contributed by atoms with Gasteiger partial charge in [-0.1, -0.05) is 17.7 Å². The van der Waals surface area contributed by atoms with Gasteiger partial charge in [-0.3, -0.25) is 4.79 Å². The Hall–Kier alpha value is -3.25. The van der Waals surface area contributed by atoms with Crippen LogP contribution in [0.25, 0.3) is 22.6 Å². The van der Waals surface area contributed by atoms with Gasteiger partial charge in [-0.15, -0.1) is 0 Å². The van der Waals surface area contributed by atoms with Crippen LogP contribution in [0.5, 0.6) is 0 Å². The number of aromatic nitrogens is 2. The molecule has 5 nitrogen and oxygen atoms in total. The van der Waals surface area contributed by atoms with Crippen molar-refractivity contribution < 1.29 is 13.6 Å². The molecule has 2 aromatic carbocycles. The Labute approximate surface area is 152 Å². The molecule has 1 N–H and O–H groups in total. The van der Waals surface area contributed by atoms with Crippen LogP contribution in [0.3, 0.4) is 0 Å². The van der Waals surface area contributed by atoms with E-state index in [0.29, 0.717) is 28.2 Å². The Kier molecular flexibility index (Phi) is 4.10. The van der Waals surface area contributed by atoms with Crippen LogP contribution in [0, 0.1) is 5.82 Å². The average molecular weight is 368 g/mol. The fourth-order valence-corrected chi connectivity index (χ4v) is 2.71. The third-order valence-corrected chi connectivity index (χ3v) is 4.02. The lowest BCUT2D eigenvalue weighted by atomic mass is 10.2. The summed E-state index contributed by atoms with van der Waals surface area (Å²) in [5, 5.41) is 2.87. The Bertz CT molecular complexity index is 1130. The van der Waals surface area contributed by atoms with Gasteiger partial charge in [0.05, 0.1) is 5.56 Å². The number of rotatable bonds is 3. The first-order valence-corrected chi connectivity index (χ1v) is 8.06. The quantitative estimate of drug-likeness (QED) is 0.521. The summed E-state index contributed by atoms with van der Waals surface area (Å²) >= 11 is 5.93. The number of nitrogens with one attached hydrogen (secondary N) is 1. The molecule has 7 heteroatoms. The van der Waals surface area contributed by atoms with Crippen LogP contribution in [-0.2, 0) is 0 Å². The normalized spacial score (nSPS) is 10.8. The van der Waals surface area contributed by atoms with Crippen LogP contribution in [-0.4, -0.2) is 15.9 Å². The third-order valence-electron chi connectivity index (χ3n) is 3.72. The van der Waals surface area contributed by atoms with Crippen molar-refractivity contribution in [3.8, 4) is 11.5 Å². The van der Waals surface area contributed by atoms with Crippen LogP contribution < -0.4 is 5.32 Å². The standard InChI is InChI=1S/C19H11ClFN3O2/c20-17-14(5-2-8-22-17)18(25)23-13-6-7-16-15(10-13)24-19(26-16)11-3-1-4-12(21)9-11/h1-10H,(H,23,25). The van der Waals surface area contributed by atoms with E-state index in [0.717, 1.165) is 0 Å². The summed E-state index contributed by atoms with van der Waals surface area (Å²) in [5.74, 6) is -0.444. The molecule has 4 aromatic rings. The summed E-state index contributed by atoms with van der Waals surface area (Å²) in [7, 11) is 0. The van der Waals surface area contributed by atoms with Crippen LogP contribution in [0.2, 0.25) is 5.15 Å². The molecule has 1 amide bonds. The van der Waals surface area contributed by atoms with Gasteiger partial charge in [-0.25, -0.2) is 14.4 Å². The number of carbonyl (C=O) groups is 1. The number of benzene rings is 2. The lowest BCUT2D eigenvalue weighted by Gasteiger charge is -2.05. The molecule has 2 aromatic heterocycles. The van der Waals surface area contributed by atoms with Gasteiger partial charge in [0.2, 0.25) is 5.89 Å². The van der Waals surface area contributed by atoms with E-state index in [4.69, 9.17) is 16.0 Å². The average Bonchev–Trinajstić information content (AvgIpc) is 3.05. The molecule has 26 heavy (non-hydrogen) atoms. The molecule has 0 radical (unpaired) electrons. The Morgan fingerprint density at radius 1 is 1.12 bits per heavy atom. The van der Waals surface area contributed by atoms with Crippen LogP contribution in [0.15, 0.2) is 65.2 Å². The molecule has 0 saturated heterocycles. The largest absolute Gasteiger partial charge is 0.436 e. The second kappa shape index (κ2) is 6.57. The summed E-state index contributed by atoms with van der Waals surface area (Å²) in [4.78, 5) is 20.6. The number of carbonyl (C=O) groups excluding carboxylic acids is 1. The van der Waals surface area contributed by atoms with Crippen molar-refractivity contribution in [2.75, 3.05) is 5.32 Å². The van der Waals surface area contributed by atoms with Gasteiger partial charge < -0.3 is 9.73 Å². The topological polar surface area (TPSA) is 68.0 Å². The first-order chi connectivity index (χ1) is 12.6. The molecule has 0 aliphatic heterocycles. The highest BCUT2D eigenvalue weighted by Gasteiger charge is 2.13. The molecular formula is C19H11ClFN3O2. The summed E-state index contributed by atoms with van der Waals surface area (Å²) in [6.07, 6.45) is 1.51. The highest BCUT2D eigenvalue weighted by molar-refractivity contribution is 6.33. The number of hydrogen-bond acceptors (Lipinski definition) is 4. The highest BCUT2D eigenvalue weighted by Crippen LogP contribution is 2.27. The number of nitrogens with zero attached hydrogens (tertiary/aromatic N) is 2. The van der Waals surface area contributed by atoms with Crippen molar-refractivity contribution in [3.63, 3.8) is 0 Å². The van der Waals surface area contributed by atoms with Gasteiger partial charge in [-0.05, 0) is 48.5 Å². The monoisotopic (exact) mass is 367 g/mol. The minimum atomic E-state index is -0.378. The van der Waals surface area contributed by atoms with Gasteiger partial charge >= 0.3 is 0 Å². The number of halogens is 2. The molecular weight excluding hydrogens is 357 g/mol. The molecule has 0 atom stereocenters. The first-order valence-electron chi connectivity index (χ1n) is 7.68. The molecule has 0 fully saturated rings. The summed E-state index contributed by atoms with van der Waals surface area (Å²) in [5.41, 5.74) is 2.41. The van der Waals surface area contributed by atoms with E-state index < -0.39 is 0 Å². The van der Waals surface area contributed by atoms with Crippen LogP contribution in [0.4, 0.5) is 10.1 Å². The van der Waals surface area contributed by atoms with Crippen LogP contribution >= 0.6 is 11.6 Å². The summed E-state index contributed by atoms with van der Waals surface area (Å²) in [6.45, 7) is 0. The molecule has 0 bridgehead atoms. The number of pyridine rings is 1. The SMILES string of the molecule is O=C(Nc1ccc2oc(-c3cccc(F)c3)nc2c1)c1cccnc1Cl. The second-order valence-electron chi connectivity index (χ2n) is 5.51. The van der Waals surface area contributed by atoms with Crippen LogP contribution in [0.1, 0.15) is 10.4 Å². The highest BCUT2D eigenvalue weighted by atomic mass is 35.5. The van der Waals surface area contributed by atoms with Crippen molar-refractivity contribution in [2.24, 2.45) is 0 Å². The fourth-order valence-electron chi connectivity index (χ4n) is 2.50. The molecule has 2 heterocycles. The lowest BCUT2D eigenvalue weighted by Crippen LogP contribution is -2.12. The number of fused-ring (bicyclic) bond motifs is 1. The second-order valence-corrected chi connectivity index (χ2v) is 5.87. The summed E-state index contributed by atoms with van der Waals surface area (Å²) < 4.78 is 19.0. The van der Waals surface area contributed by atoms with Crippen molar-refractivity contribution in [2.45, 2.75) is 0 Å². The van der Waals surface area contributed by atoms with Crippen molar-refractivity contribution in [3.05, 3.63) is 77.3 Å². The van der Waals surface area contributed by atoms with Crippen molar-refractivity contribution in [1.29, 1.82) is 0 Å². The Morgan fingerprint density at radius 3 is 2.81 bits per heavy atom. The van der Waals surface area contributed by atoms with Gasteiger partial charge in [0.25, 0.3) is 5.91 Å². The molecule has 0 aliphatic rings. The number of amides is 1. The van der Waals surface area contributed by atoms with Crippen molar-refractivity contribution in [1.82, 2.24) is 9.97 Å². The van der Waals surface area contributed by atoms with E-state index in [1.807, 2.05) is 0 Å². The zero-order valence-electron chi connectivity index (χ0n) is 13.2. The molecule has 128 valence electrons. The molecule has 0 unspecified atom stereocenters. The molecule has 0 spiro atoms. The Morgan fingerprint density at radius 2 is 2.00 bits per heavy atom. The smallest absolute Gasteiger partial charge is 0.258 e. The minimum Gasteiger partial charge on any atom is -0.436 e. The van der Waals surface area contributed by atoms with Gasteiger partial charge in [-0.2, -0.15) is 0 Å². The van der Waals surface area contributed by atoms with E-state index in [2.05, 4.69) is 15.3 Å². The molecule has 4 rings (SSSR count). The minimum absolute atomic E-state index is 0.126. The van der Waals surface area contributed by atoms with E-state index in [1.54, 1.807) is 42.5 Å². The maximum Gasteiger partial charge on any atom is 0.258 e. The number of anilines is 1. The number of oxazole rings is 1. The van der Waals surface area contributed by atoms with Gasteiger partial charge in [0, 0.05) is 17.4 Å². The van der Waals surface area contributed by atoms with E-state index in [1.165, 1.54) is 18.3 Å². The Balaban J connectivity index is 1.64. The van der Waals surface area contributed by atoms with E-state index in [9.17, 15) is 9.18 Å². The maximum atomic E-state index is 13.4. The number of hydrogen-bond donors (Lipinski definition) is 1. The van der Waals surface area contributed by atoms with E-state index >= 15 is 0 Å². The van der Waals surface area contributed by atoms with E-state index in [-0.39, 0.29) is 22.4 Å². The van der Waals surface area contributed by atoms with Gasteiger partial charge in [0.1, 0.15) is 16.5 Å². The third kappa shape index (κ3) is 3.14. The fraction of sp³-hybridized carbons (Fsp3) is 0. The lowest BCUT2D eigenvalue weighted by molar-refractivity contribution is 0.102. The molecule has 0 saturated carbocycles. The van der Waals surface area contributed by atoms with Crippen molar-refractivity contribution >= 4 is 34.3 Å². The summed E-state index contributed by atoms with van der Waals surface area (Å²) in [6, 6.07) is 14.2.